The first kappa shape index (κ1) is 31.3. The number of carbonyl (C=O) groups is 1. The van der Waals surface area contributed by atoms with Crippen LogP contribution in [0.4, 0.5) is 11.4 Å². The Labute approximate surface area is 242 Å². The van der Waals surface area contributed by atoms with E-state index in [0.29, 0.717) is 28.6 Å². The molecular weight excluding hydrogens is 526 g/mol. The maximum Gasteiger partial charge on any atom is 0.255 e. The van der Waals surface area contributed by atoms with Gasteiger partial charge in [-0.1, -0.05) is 70.8 Å². The molecule has 2 aromatic carbocycles. The van der Waals surface area contributed by atoms with Crippen molar-refractivity contribution in [3.8, 4) is 17.2 Å². The van der Waals surface area contributed by atoms with Gasteiger partial charge >= 0.3 is 0 Å². The van der Waals surface area contributed by atoms with Gasteiger partial charge < -0.3 is 14.2 Å². The zero-order valence-electron chi connectivity index (χ0n) is 24.3. The molecule has 0 aliphatic rings. The Morgan fingerprint density at radius 1 is 0.875 bits per heavy atom. The van der Waals surface area contributed by atoms with Gasteiger partial charge in [0, 0.05) is 17.0 Å². The molecule has 0 saturated heterocycles. The van der Waals surface area contributed by atoms with Crippen LogP contribution >= 0.6 is 11.8 Å². The monoisotopic (exact) mass is 569 g/mol. The first-order chi connectivity index (χ1) is 19.6. The summed E-state index contributed by atoms with van der Waals surface area (Å²) in [4.78, 5) is 17.7. The van der Waals surface area contributed by atoms with Gasteiger partial charge in [-0.15, -0.1) is 22.0 Å². The fraction of sp³-hybridized carbons (Fsp3) is 0.533. The normalized spacial score (nSPS) is 10.9. The van der Waals surface area contributed by atoms with Crippen LogP contribution in [0, 0.1) is 0 Å². The van der Waals surface area contributed by atoms with E-state index in [4.69, 9.17) is 14.2 Å². The number of carbonyl (C=O) groups excluding carboxylic acids is 1. The summed E-state index contributed by atoms with van der Waals surface area (Å²) in [6.45, 7) is 2.16. The quantitative estimate of drug-likeness (QED) is 0.112. The van der Waals surface area contributed by atoms with Crippen molar-refractivity contribution in [1.82, 2.24) is 20.2 Å². The molecular formula is C30H43N5O4S. The van der Waals surface area contributed by atoms with E-state index in [-0.39, 0.29) is 12.5 Å². The lowest BCUT2D eigenvalue weighted by Gasteiger charge is -2.27. The summed E-state index contributed by atoms with van der Waals surface area (Å²) in [6.07, 6.45) is 14.5. The number of amides is 1. The number of methoxy groups -OCH3 is 3. The van der Waals surface area contributed by atoms with E-state index in [1.807, 2.05) is 30.0 Å². The highest BCUT2D eigenvalue weighted by Gasteiger charge is 2.27. The molecule has 0 bridgehead atoms. The number of hydrogen-bond donors (Lipinski definition) is 0. The van der Waals surface area contributed by atoms with Crippen LogP contribution in [0.3, 0.4) is 0 Å². The highest BCUT2D eigenvalue weighted by molar-refractivity contribution is 7.99. The summed E-state index contributed by atoms with van der Waals surface area (Å²) in [5.74, 6) is 2.21. The minimum absolute atomic E-state index is 0.103. The van der Waals surface area contributed by atoms with E-state index >= 15 is 0 Å². The van der Waals surface area contributed by atoms with E-state index in [0.717, 1.165) is 10.6 Å². The third-order valence-electron chi connectivity index (χ3n) is 6.67. The molecule has 3 aromatic rings. The Hall–Kier alpha value is -3.27. The number of nitrogens with zero attached hydrogens (tertiary/aromatic N) is 5. The molecule has 0 aliphatic carbocycles. The maximum atomic E-state index is 13.7. The lowest BCUT2D eigenvalue weighted by molar-refractivity contribution is -0.118. The lowest BCUT2D eigenvalue weighted by Crippen LogP contribution is -2.31. The van der Waals surface area contributed by atoms with E-state index < -0.39 is 0 Å². The zero-order chi connectivity index (χ0) is 28.6. The predicted molar refractivity (Wildman–Crippen MR) is 160 cm³/mol. The van der Waals surface area contributed by atoms with Crippen LogP contribution in [0.15, 0.2) is 47.6 Å². The van der Waals surface area contributed by atoms with Gasteiger partial charge in [0.1, 0.15) is 29.5 Å². The van der Waals surface area contributed by atoms with Crippen molar-refractivity contribution < 1.29 is 19.0 Å². The van der Waals surface area contributed by atoms with Crippen LogP contribution < -0.4 is 19.1 Å². The van der Waals surface area contributed by atoms with Crippen molar-refractivity contribution in [2.45, 2.75) is 82.6 Å². The van der Waals surface area contributed by atoms with Crippen molar-refractivity contribution in [1.29, 1.82) is 0 Å². The molecule has 3 rings (SSSR count). The van der Waals surface area contributed by atoms with Crippen LogP contribution in [0.5, 0.6) is 17.2 Å². The average molecular weight is 570 g/mol. The highest BCUT2D eigenvalue weighted by atomic mass is 32.2. The van der Waals surface area contributed by atoms with E-state index in [2.05, 4.69) is 28.4 Å². The number of thioether (sulfide) groups is 1. The zero-order valence-corrected chi connectivity index (χ0v) is 25.1. The number of hydrogen-bond acceptors (Lipinski definition) is 8. The molecule has 0 spiro atoms. The van der Waals surface area contributed by atoms with Crippen LogP contribution in [0.1, 0.15) is 71.1 Å². The number of anilines is 2. The standard InChI is InChI=1S/C30H43N5O4S/c1-5-6-7-8-9-10-11-12-13-14-18-40-26-17-15-16-24(19-26)35(29(36)22-34-32-23-31-33-34)30-27(38-3)20-25(37-2)21-28(30)39-4/h15-17,19-21,23H,5-14,18,22H2,1-4H3. The van der Waals surface area contributed by atoms with Gasteiger partial charge in [0.05, 0.1) is 27.0 Å². The van der Waals surface area contributed by atoms with Gasteiger partial charge in [0.2, 0.25) is 0 Å². The molecule has 9 nitrogen and oxygen atoms in total. The molecule has 10 heteroatoms. The van der Waals surface area contributed by atoms with Crippen molar-refractivity contribution in [3.05, 3.63) is 42.7 Å². The minimum atomic E-state index is -0.267. The molecule has 0 unspecified atom stereocenters. The smallest absolute Gasteiger partial charge is 0.255 e. The van der Waals surface area contributed by atoms with Crippen molar-refractivity contribution in [3.63, 3.8) is 0 Å². The second kappa shape index (κ2) is 17.4. The second-order valence-electron chi connectivity index (χ2n) is 9.60. The molecule has 0 radical (unpaired) electrons. The maximum absolute atomic E-state index is 13.7. The molecule has 218 valence electrons. The molecule has 1 aromatic heterocycles. The summed E-state index contributed by atoms with van der Waals surface area (Å²) in [7, 11) is 4.68. The molecule has 0 aliphatic heterocycles. The number of ether oxygens (including phenoxy) is 3. The third kappa shape index (κ3) is 9.43. The van der Waals surface area contributed by atoms with Crippen LogP contribution in [0.25, 0.3) is 0 Å². The molecule has 1 amide bonds. The van der Waals surface area contributed by atoms with Gasteiger partial charge in [0.15, 0.2) is 6.33 Å². The molecule has 0 fully saturated rings. The summed E-state index contributed by atoms with van der Waals surface area (Å²) >= 11 is 1.81. The summed E-state index contributed by atoms with van der Waals surface area (Å²) in [6, 6.07) is 11.4. The van der Waals surface area contributed by atoms with Gasteiger partial charge in [-0.3, -0.25) is 9.69 Å². The summed E-state index contributed by atoms with van der Waals surface area (Å²) in [5, 5.41) is 11.6. The lowest BCUT2D eigenvalue weighted by atomic mass is 10.1. The van der Waals surface area contributed by atoms with Gasteiger partial charge in [-0.2, -0.15) is 4.80 Å². The Bertz CT molecular complexity index is 1130. The van der Waals surface area contributed by atoms with E-state index in [1.54, 1.807) is 38.4 Å². The first-order valence-corrected chi connectivity index (χ1v) is 15.2. The minimum Gasteiger partial charge on any atom is -0.496 e. The number of rotatable bonds is 19. The van der Waals surface area contributed by atoms with Gasteiger partial charge in [0.25, 0.3) is 5.91 Å². The largest absolute Gasteiger partial charge is 0.496 e. The Balaban J connectivity index is 1.71. The average Bonchev–Trinajstić information content (AvgIpc) is 3.49. The number of tetrazole rings is 1. The Kier molecular flexibility index (Phi) is 13.6. The Morgan fingerprint density at radius 2 is 1.52 bits per heavy atom. The summed E-state index contributed by atoms with van der Waals surface area (Å²) in [5.41, 5.74) is 1.17. The highest BCUT2D eigenvalue weighted by Crippen LogP contribution is 2.45. The first-order valence-electron chi connectivity index (χ1n) is 14.2. The fourth-order valence-corrected chi connectivity index (χ4v) is 5.51. The SMILES string of the molecule is CCCCCCCCCCCCSc1cccc(N(C(=O)Cn2ncnn2)c2c(OC)cc(OC)cc2OC)c1. The van der Waals surface area contributed by atoms with Crippen molar-refractivity contribution in [2.24, 2.45) is 0 Å². The van der Waals surface area contributed by atoms with Crippen LogP contribution in [0.2, 0.25) is 0 Å². The van der Waals surface area contributed by atoms with Gasteiger partial charge in [-0.05, 0) is 35.6 Å². The number of benzene rings is 2. The van der Waals surface area contributed by atoms with Gasteiger partial charge in [-0.25, -0.2) is 0 Å². The van der Waals surface area contributed by atoms with Crippen LogP contribution in [-0.2, 0) is 11.3 Å². The summed E-state index contributed by atoms with van der Waals surface area (Å²) < 4.78 is 16.8. The molecule has 0 saturated carbocycles. The Morgan fingerprint density at radius 3 is 2.10 bits per heavy atom. The predicted octanol–water partition coefficient (Wildman–Crippen LogP) is 7.08. The van der Waals surface area contributed by atoms with Crippen molar-refractivity contribution in [2.75, 3.05) is 32.0 Å². The number of aromatic nitrogens is 4. The van der Waals surface area contributed by atoms with E-state index in [9.17, 15) is 4.79 Å². The molecule has 0 atom stereocenters. The fourth-order valence-electron chi connectivity index (χ4n) is 4.55. The van der Waals surface area contributed by atoms with Crippen LogP contribution in [-0.4, -0.2) is 53.2 Å². The second-order valence-corrected chi connectivity index (χ2v) is 10.8. The molecule has 1 heterocycles. The third-order valence-corrected chi connectivity index (χ3v) is 7.75. The number of unbranched alkanes of at least 4 members (excludes halogenated alkanes) is 9. The van der Waals surface area contributed by atoms with Crippen molar-refractivity contribution >= 4 is 29.0 Å². The molecule has 0 N–H and O–H groups in total. The molecule has 40 heavy (non-hydrogen) atoms. The van der Waals surface area contributed by atoms with E-state index in [1.165, 1.54) is 75.3 Å². The topological polar surface area (TPSA) is 91.6 Å².